The molecule has 0 saturated heterocycles. The Morgan fingerprint density at radius 3 is 2.41 bits per heavy atom. The van der Waals surface area contributed by atoms with E-state index in [4.69, 9.17) is 0 Å². The van der Waals surface area contributed by atoms with Crippen molar-refractivity contribution in [2.24, 2.45) is 0 Å². The van der Waals surface area contributed by atoms with Crippen LogP contribution in [0.25, 0.3) is 5.57 Å². The summed E-state index contributed by atoms with van der Waals surface area (Å²) >= 11 is 0. The zero-order chi connectivity index (χ0) is 15.8. The van der Waals surface area contributed by atoms with Crippen LogP contribution < -0.4 is 0 Å². The minimum absolute atomic E-state index is 0. The Labute approximate surface area is 138 Å². The molecule has 22 heavy (non-hydrogen) atoms. The Hall–Kier alpha value is -1.82. The zero-order valence-corrected chi connectivity index (χ0v) is 14.2. The summed E-state index contributed by atoms with van der Waals surface area (Å²) in [5.41, 5.74) is 8.11. The van der Waals surface area contributed by atoms with Gasteiger partial charge in [0.2, 0.25) is 0 Å². The van der Waals surface area contributed by atoms with E-state index in [1.54, 1.807) is 0 Å². The third-order valence-corrected chi connectivity index (χ3v) is 3.55. The van der Waals surface area contributed by atoms with E-state index in [0.29, 0.717) is 0 Å². The Bertz CT molecular complexity index is 576. The van der Waals surface area contributed by atoms with Gasteiger partial charge in [-0.05, 0) is 69.7 Å². The fourth-order valence-corrected chi connectivity index (χ4v) is 2.50. The summed E-state index contributed by atoms with van der Waals surface area (Å²) < 4.78 is 0. The van der Waals surface area contributed by atoms with Gasteiger partial charge in [-0.2, -0.15) is 0 Å². The molecule has 1 aromatic rings. The third-order valence-electron chi connectivity index (χ3n) is 3.55. The number of hydrogen-bond acceptors (Lipinski definition) is 0. The van der Waals surface area contributed by atoms with Crippen molar-refractivity contribution in [1.29, 1.82) is 0 Å². The van der Waals surface area contributed by atoms with Crippen LogP contribution in [0, 0.1) is 6.92 Å². The SMILES string of the molecule is C.C=CCc1cc(C)ccc1/C(C)=C(/C=C(C)C)C/C=C\C. The molecule has 0 aliphatic carbocycles. The maximum absolute atomic E-state index is 3.89. The molecule has 0 N–H and O–H groups in total. The molecule has 1 rings (SSSR count). The minimum Gasteiger partial charge on any atom is -0.103 e. The van der Waals surface area contributed by atoms with Crippen LogP contribution in [0.3, 0.4) is 0 Å². The lowest BCUT2D eigenvalue weighted by Gasteiger charge is -2.13. The van der Waals surface area contributed by atoms with Crippen LogP contribution in [0.15, 0.2) is 60.2 Å². The van der Waals surface area contributed by atoms with E-state index in [9.17, 15) is 0 Å². The monoisotopic (exact) mass is 296 g/mol. The van der Waals surface area contributed by atoms with Gasteiger partial charge in [0.25, 0.3) is 0 Å². The highest BCUT2D eigenvalue weighted by molar-refractivity contribution is 5.72. The number of rotatable bonds is 6. The van der Waals surface area contributed by atoms with E-state index < -0.39 is 0 Å². The van der Waals surface area contributed by atoms with Crippen molar-refractivity contribution < 1.29 is 0 Å². The Balaban J connectivity index is 0.00000441. The van der Waals surface area contributed by atoms with Crippen LogP contribution in [0.5, 0.6) is 0 Å². The van der Waals surface area contributed by atoms with Crippen molar-refractivity contribution in [2.45, 2.75) is 54.9 Å². The zero-order valence-electron chi connectivity index (χ0n) is 14.2. The van der Waals surface area contributed by atoms with Gasteiger partial charge in [0.15, 0.2) is 0 Å². The van der Waals surface area contributed by atoms with Gasteiger partial charge >= 0.3 is 0 Å². The van der Waals surface area contributed by atoms with Crippen molar-refractivity contribution in [1.82, 2.24) is 0 Å². The van der Waals surface area contributed by atoms with E-state index in [1.807, 2.05) is 6.08 Å². The summed E-state index contributed by atoms with van der Waals surface area (Å²) in [6.07, 6.45) is 10.5. The van der Waals surface area contributed by atoms with Gasteiger partial charge in [-0.1, -0.05) is 61.1 Å². The molecule has 120 valence electrons. The second-order valence-corrected chi connectivity index (χ2v) is 5.80. The first-order valence-electron chi connectivity index (χ1n) is 7.66. The van der Waals surface area contributed by atoms with Crippen LogP contribution in [0.4, 0.5) is 0 Å². The first-order chi connectivity index (χ1) is 9.99. The molecule has 0 aliphatic heterocycles. The van der Waals surface area contributed by atoms with Gasteiger partial charge in [-0.15, -0.1) is 6.58 Å². The molecule has 0 nitrogen and oxygen atoms in total. The predicted octanol–water partition coefficient (Wildman–Crippen LogP) is 7.07. The second-order valence-electron chi connectivity index (χ2n) is 5.80. The smallest absolute Gasteiger partial charge is 0.00940 e. The van der Waals surface area contributed by atoms with E-state index in [2.05, 4.69) is 77.6 Å². The highest BCUT2D eigenvalue weighted by atomic mass is 14.1. The molecule has 0 heterocycles. The first kappa shape index (κ1) is 20.2. The Morgan fingerprint density at radius 1 is 1.18 bits per heavy atom. The first-order valence-corrected chi connectivity index (χ1v) is 7.66. The molecule has 1 aromatic carbocycles. The average molecular weight is 296 g/mol. The van der Waals surface area contributed by atoms with Crippen LogP contribution >= 0.6 is 0 Å². The minimum atomic E-state index is 0. The second kappa shape index (κ2) is 10.00. The summed E-state index contributed by atoms with van der Waals surface area (Å²) in [4.78, 5) is 0. The van der Waals surface area contributed by atoms with Gasteiger partial charge in [-0.25, -0.2) is 0 Å². The van der Waals surface area contributed by atoms with Gasteiger partial charge in [-0.3, -0.25) is 0 Å². The van der Waals surface area contributed by atoms with Crippen LogP contribution in [-0.2, 0) is 6.42 Å². The average Bonchev–Trinajstić information content (AvgIpc) is 2.43. The van der Waals surface area contributed by atoms with Gasteiger partial charge in [0, 0.05) is 0 Å². The molecule has 0 atom stereocenters. The highest BCUT2D eigenvalue weighted by Crippen LogP contribution is 2.27. The molecular weight excluding hydrogens is 264 g/mol. The van der Waals surface area contributed by atoms with E-state index >= 15 is 0 Å². The molecule has 0 radical (unpaired) electrons. The Kier molecular flexibility index (Phi) is 9.17. The van der Waals surface area contributed by atoms with Gasteiger partial charge in [0.1, 0.15) is 0 Å². The summed E-state index contributed by atoms with van der Waals surface area (Å²) in [6, 6.07) is 6.72. The number of aryl methyl sites for hydroxylation is 1. The largest absolute Gasteiger partial charge is 0.103 e. The number of allylic oxidation sites excluding steroid dienone is 7. The molecule has 0 heteroatoms. The topological polar surface area (TPSA) is 0 Å². The fourth-order valence-electron chi connectivity index (χ4n) is 2.50. The standard InChI is InChI=1S/C21H28.CH4/c1-7-9-11-19(14-16(3)4)18(6)21-13-12-17(5)15-20(21)10-8-2;/h7-9,12-15H,2,10-11H2,1,3-6H3;1H4/b9-7-,19-18+;. The molecular formula is C22H32. The summed E-state index contributed by atoms with van der Waals surface area (Å²) in [5, 5.41) is 0. The van der Waals surface area contributed by atoms with Crippen molar-refractivity contribution >= 4 is 5.57 Å². The molecule has 0 fully saturated rings. The summed E-state index contributed by atoms with van der Waals surface area (Å²) in [5.74, 6) is 0. The fraction of sp³-hybridized carbons (Fsp3) is 0.364. The van der Waals surface area contributed by atoms with Crippen LogP contribution in [0.2, 0.25) is 0 Å². The lowest BCUT2D eigenvalue weighted by molar-refractivity contribution is 1.20. The number of benzene rings is 1. The molecule has 0 saturated carbocycles. The lowest BCUT2D eigenvalue weighted by atomic mass is 9.91. The van der Waals surface area contributed by atoms with Crippen molar-refractivity contribution in [3.63, 3.8) is 0 Å². The van der Waals surface area contributed by atoms with Crippen molar-refractivity contribution in [3.8, 4) is 0 Å². The van der Waals surface area contributed by atoms with Crippen molar-refractivity contribution in [3.05, 3.63) is 76.9 Å². The molecule has 0 aromatic heterocycles. The summed E-state index contributed by atoms with van der Waals surface area (Å²) in [7, 11) is 0. The van der Waals surface area contributed by atoms with E-state index in [-0.39, 0.29) is 7.43 Å². The predicted molar refractivity (Wildman–Crippen MR) is 103 cm³/mol. The van der Waals surface area contributed by atoms with Crippen LogP contribution in [0.1, 0.15) is 58.2 Å². The van der Waals surface area contributed by atoms with Crippen molar-refractivity contribution in [2.75, 3.05) is 0 Å². The Morgan fingerprint density at radius 2 is 1.86 bits per heavy atom. The van der Waals surface area contributed by atoms with E-state index in [1.165, 1.54) is 33.4 Å². The van der Waals surface area contributed by atoms with Gasteiger partial charge in [0.05, 0.1) is 0 Å². The third kappa shape index (κ3) is 5.89. The van der Waals surface area contributed by atoms with E-state index in [0.717, 1.165) is 12.8 Å². The highest BCUT2D eigenvalue weighted by Gasteiger charge is 2.07. The molecule has 0 aliphatic rings. The van der Waals surface area contributed by atoms with Gasteiger partial charge < -0.3 is 0 Å². The quantitative estimate of drug-likeness (QED) is 0.389. The maximum atomic E-state index is 3.89. The summed E-state index contributed by atoms with van der Waals surface area (Å²) in [6.45, 7) is 14.7. The molecule has 0 amide bonds. The van der Waals surface area contributed by atoms with Crippen LogP contribution in [-0.4, -0.2) is 0 Å². The lowest BCUT2D eigenvalue weighted by Crippen LogP contribution is -1.95. The normalized spacial score (nSPS) is 11.7. The molecule has 0 unspecified atom stereocenters. The number of hydrogen-bond donors (Lipinski definition) is 0. The maximum Gasteiger partial charge on any atom is -0.00940 e. The molecule has 0 bridgehead atoms. The molecule has 0 spiro atoms.